The number of oxime groups is 1. The minimum absolute atomic E-state index is 0.554. The van der Waals surface area contributed by atoms with E-state index in [1.807, 2.05) is 36.2 Å². The first-order chi connectivity index (χ1) is 6.25. The van der Waals surface area contributed by atoms with Crippen LogP contribution in [0.25, 0.3) is 0 Å². The summed E-state index contributed by atoms with van der Waals surface area (Å²) in [5.41, 5.74) is 3.24. The van der Waals surface area contributed by atoms with Gasteiger partial charge in [0.2, 0.25) is 0 Å². The molecule has 0 amide bonds. The van der Waals surface area contributed by atoms with Crippen molar-refractivity contribution in [2.45, 2.75) is 0 Å². The third-order valence-electron chi connectivity index (χ3n) is 2.30. The van der Waals surface area contributed by atoms with E-state index >= 15 is 0 Å². The maximum absolute atomic E-state index is 8.80. The molecule has 1 aliphatic heterocycles. The van der Waals surface area contributed by atoms with Crippen molar-refractivity contribution in [3.05, 3.63) is 42.1 Å². The lowest BCUT2D eigenvalue weighted by molar-refractivity contribution is 0.319. The van der Waals surface area contributed by atoms with Crippen LogP contribution in [0, 0.1) is 0 Å². The van der Waals surface area contributed by atoms with E-state index in [9.17, 15) is 0 Å². The second-order valence-corrected chi connectivity index (χ2v) is 2.97. The van der Waals surface area contributed by atoms with Crippen LogP contribution in [0.4, 0.5) is 5.69 Å². The Morgan fingerprint density at radius 2 is 2.08 bits per heavy atom. The average molecular weight is 174 g/mol. The minimum Gasteiger partial charge on any atom is -0.410 e. The van der Waals surface area contributed by atoms with Gasteiger partial charge in [-0.1, -0.05) is 29.9 Å². The molecular weight excluding hydrogens is 164 g/mol. The van der Waals surface area contributed by atoms with Crippen LogP contribution < -0.4 is 4.90 Å². The molecule has 0 bridgehead atoms. The third kappa shape index (κ3) is 0.935. The number of nitrogens with zero attached hydrogens (tertiary/aromatic N) is 2. The second kappa shape index (κ2) is 2.62. The molecule has 0 atom stereocenters. The number of hydrogen-bond acceptors (Lipinski definition) is 3. The molecule has 2 rings (SSSR count). The van der Waals surface area contributed by atoms with E-state index in [-0.39, 0.29) is 0 Å². The van der Waals surface area contributed by atoms with Gasteiger partial charge >= 0.3 is 0 Å². The quantitative estimate of drug-likeness (QED) is 0.481. The Balaban J connectivity index is 2.67. The van der Waals surface area contributed by atoms with Crippen molar-refractivity contribution in [3.8, 4) is 0 Å². The highest BCUT2D eigenvalue weighted by atomic mass is 16.4. The lowest BCUT2D eigenvalue weighted by Gasteiger charge is -2.11. The maximum atomic E-state index is 8.80. The smallest absolute Gasteiger partial charge is 0.134 e. The number of likely N-dealkylation sites (N-methyl/N-ethyl adjacent to an activating group) is 1. The van der Waals surface area contributed by atoms with Crippen molar-refractivity contribution < 1.29 is 5.21 Å². The largest absolute Gasteiger partial charge is 0.410 e. The number of para-hydroxylation sites is 1. The Bertz CT molecular complexity index is 396. The number of allylic oxidation sites excluding steroid dienone is 1. The Morgan fingerprint density at radius 1 is 1.38 bits per heavy atom. The summed E-state index contributed by atoms with van der Waals surface area (Å²) < 4.78 is 0. The van der Waals surface area contributed by atoms with Crippen LogP contribution in [-0.4, -0.2) is 18.0 Å². The van der Waals surface area contributed by atoms with Crippen molar-refractivity contribution in [2.75, 3.05) is 11.9 Å². The average Bonchev–Trinajstić information content (AvgIpc) is 2.41. The molecule has 3 nitrogen and oxygen atoms in total. The molecule has 0 fully saturated rings. The van der Waals surface area contributed by atoms with Gasteiger partial charge in [-0.3, -0.25) is 0 Å². The zero-order valence-corrected chi connectivity index (χ0v) is 7.36. The van der Waals surface area contributed by atoms with E-state index in [1.165, 1.54) is 0 Å². The molecule has 0 radical (unpaired) electrons. The van der Waals surface area contributed by atoms with Crippen molar-refractivity contribution in [1.82, 2.24) is 0 Å². The fraction of sp³-hybridized carbons (Fsp3) is 0.100. The van der Waals surface area contributed by atoms with Gasteiger partial charge < -0.3 is 10.1 Å². The van der Waals surface area contributed by atoms with E-state index < -0.39 is 0 Å². The van der Waals surface area contributed by atoms with Gasteiger partial charge in [0.25, 0.3) is 0 Å². The van der Waals surface area contributed by atoms with Gasteiger partial charge in [-0.15, -0.1) is 0 Å². The lowest BCUT2D eigenvalue weighted by Crippen LogP contribution is -2.12. The second-order valence-electron chi connectivity index (χ2n) is 2.97. The summed E-state index contributed by atoms with van der Waals surface area (Å²) in [7, 11) is 1.90. The zero-order valence-electron chi connectivity index (χ0n) is 7.36. The van der Waals surface area contributed by atoms with Crippen molar-refractivity contribution in [3.63, 3.8) is 0 Å². The van der Waals surface area contributed by atoms with Crippen LogP contribution in [0.5, 0.6) is 0 Å². The van der Waals surface area contributed by atoms with Crippen LogP contribution in [-0.2, 0) is 0 Å². The number of hydrogen-bond donors (Lipinski definition) is 1. The van der Waals surface area contributed by atoms with Gasteiger partial charge in [0, 0.05) is 12.6 Å². The topological polar surface area (TPSA) is 35.8 Å². The van der Waals surface area contributed by atoms with Crippen molar-refractivity contribution in [2.24, 2.45) is 5.16 Å². The van der Waals surface area contributed by atoms with Gasteiger partial charge in [0.15, 0.2) is 0 Å². The molecule has 0 saturated heterocycles. The van der Waals surface area contributed by atoms with Gasteiger partial charge in [-0.25, -0.2) is 0 Å². The number of fused-ring (bicyclic) bond motifs is 1. The predicted molar refractivity (Wildman–Crippen MR) is 52.3 cm³/mol. The Labute approximate surface area is 76.6 Å². The van der Waals surface area contributed by atoms with Gasteiger partial charge in [0.1, 0.15) is 5.71 Å². The molecule has 13 heavy (non-hydrogen) atoms. The molecule has 1 aromatic rings. The zero-order chi connectivity index (χ0) is 9.42. The molecule has 0 unspecified atom stereocenters. The summed E-state index contributed by atoms with van der Waals surface area (Å²) >= 11 is 0. The van der Waals surface area contributed by atoms with Crippen molar-refractivity contribution in [1.29, 1.82) is 0 Å². The lowest BCUT2D eigenvalue weighted by atomic mass is 10.1. The van der Waals surface area contributed by atoms with Crippen LogP contribution >= 0.6 is 0 Å². The summed E-state index contributed by atoms with van der Waals surface area (Å²) in [6, 6.07) is 7.75. The standard InChI is InChI=1S/C10H10N2O/c1-7-10(11-13)8-5-3-4-6-9(8)12(7)2/h3-6,13H,1H2,2H3/b11-10-. The number of rotatable bonds is 0. The molecule has 1 aromatic carbocycles. The van der Waals surface area contributed by atoms with Gasteiger partial charge in [-0.2, -0.15) is 0 Å². The highest BCUT2D eigenvalue weighted by Crippen LogP contribution is 2.31. The third-order valence-corrected chi connectivity index (χ3v) is 2.30. The van der Waals surface area contributed by atoms with Crippen LogP contribution in [0.3, 0.4) is 0 Å². The first kappa shape index (κ1) is 7.86. The van der Waals surface area contributed by atoms with Crippen LogP contribution in [0.2, 0.25) is 0 Å². The molecule has 0 aromatic heterocycles. The highest BCUT2D eigenvalue weighted by molar-refractivity contribution is 6.21. The molecule has 1 N–H and O–H groups in total. The monoisotopic (exact) mass is 174 g/mol. The fourth-order valence-corrected chi connectivity index (χ4v) is 1.54. The van der Waals surface area contributed by atoms with E-state index in [2.05, 4.69) is 11.7 Å². The molecule has 3 heteroatoms. The molecule has 0 aliphatic carbocycles. The summed E-state index contributed by atoms with van der Waals surface area (Å²) in [5, 5.41) is 12.0. The van der Waals surface area contributed by atoms with E-state index in [4.69, 9.17) is 5.21 Å². The number of benzene rings is 1. The Kier molecular flexibility index (Phi) is 1.59. The molecule has 1 aliphatic rings. The Hall–Kier alpha value is -1.77. The predicted octanol–water partition coefficient (Wildman–Crippen LogP) is 1.83. The van der Waals surface area contributed by atoms with Crippen molar-refractivity contribution >= 4 is 11.4 Å². The van der Waals surface area contributed by atoms with E-state index in [1.54, 1.807) is 0 Å². The first-order valence-corrected chi connectivity index (χ1v) is 4.00. The summed E-state index contributed by atoms with van der Waals surface area (Å²) in [6.07, 6.45) is 0. The first-order valence-electron chi connectivity index (χ1n) is 4.00. The molecular formula is C10H10N2O. The fourth-order valence-electron chi connectivity index (χ4n) is 1.54. The van der Waals surface area contributed by atoms with E-state index in [0.717, 1.165) is 16.9 Å². The molecule has 66 valence electrons. The summed E-state index contributed by atoms with van der Waals surface area (Å²) in [5.74, 6) is 0. The Morgan fingerprint density at radius 3 is 2.77 bits per heavy atom. The molecule has 0 spiro atoms. The SMILES string of the molecule is C=C1/C(=N/O)c2ccccc2N1C. The van der Waals surface area contributed by atoms with Crippen LogP contribution in [0.1, 0.15) is 5.56 Å². The highest BCUT2D eigenvalue weighted by Gasteiger charge is 2.25. The normalized spacial score (nSPS) is 18.1. The van der Waals surface area contributed by atoms with Gasteiger partial charge in [-0.05, 0) is 6.07 Å². The molecule has 0 saturated carbocycles. The van der Waals surface area contributed by atoms with Crippen LogP contribution in [0.15, 0.2) is 41.7 Å². The van der Waals surface area contributed by atoms with Gasteiger partial charge in [0.05, 0.1) is 11.4 Å². The summed E-state index contributed by atoms with van der Waals surface area (Å²) in [4.78, 5) is 1.91. The maximum Gasteiger partial charge on any atom is 0.134 e. The van der Waals surface area contributed by atoms with E-state index in [0.29, 0.717) is 5.71 Å². The minimum atomic E-state index is 0.554. The summed E-state index contributed by atoms with van der Waals surface area (Å²) in [6.45, 7) is 3.84. The number of anilines is 1. The molecule has 1 heterocycles.